The van der Waals surface area contributed by atoms with Crippen LogP contribution >= 0.6 is 0 Å². The third-order valence-electron chi connectivity index (χ3n) is 5.86. The highest BCUT2D eigenvalue weighted by molar-refractivity contribution is 6.08. The second-order valence-electron chi connectivity index (χ2n) is 8.09. The Bertz CT molecular complexity index is 1020. The number of ketones is 1. The van der Waals surface area contributed by atoms with Crippen LogP contribution in [-0.4, -0.2) is 30.7 Å². The van der Waals surface area contributed by atoms with Crippen LogP contribution in [-0.2, 0) is 14.3 Å². The molecule has 0 saturated heterocycles. The highest BCUT2D eigenvalue weighted by atomic mass is 16.6. The Morgan fingerprint density at radius 1 is 1.00 bits per heavy atom. The number of aliphatic imine (C=N–C) groups is 1. The van der Waals surface area contributed by atoms with E-state index in [9.17, 15) is 9.59 Å². The number of para-hydroxylation sites is 1. The minimum Gasteiger partial charge on any atom is -0.490 e. The number of carbonyl (C=O) groups is 2. The number of nitrogens with zero attached hydrogens (tertiary/aromatic N) is 1. The topological polar surface area (TPSA) is 65.0 Å². The van der Waals surface area contributed by atoms with E-state index in [0.29, 0.717) is 17.7 Å². The predicted octanol–water partition coefficient (Wildman–Crippen LogP) is 4.80. The molecule has 160 valence electrons. The average molecular weight is 418 g/mol. The van der Waals surface area contributed by atoms with E-state index >= 15 is 0 Å². The van der Waals surface area contributed by atoms with Crippen LogP contribution in [0.4, 0.5) is 0 Å². The monoisotopic (exact) mass is 417 g/mol. The van der Waals surface area contributed by atoms with Crippen molar-refractivity contribution in [3.05, 3.63) is 77.0 Å². The number of carbonyl (C=O) groups excluding carboxylic acids is 2. The van der Waals surface area contributed by atoms with Crippen molar-refractivity contribution in [2.24, 2.45) is 10.9 Å². The van der Waals surface area contributed by atoms with E-state index in [1.54, 1.807) is 0 Å². The van der Waals surface area contributed by atoms with Crippen LogP contribution in [0.3, 0.4) is 0 Å². The first-order valence-corrected chi connectivity index (χ1v) is 10.8. The molecule has 2 aromatic rings. The first kappa shape index (κ1) is 21.0. The van der Waals surface area contributed by atoms with E-state index in [2.05, 4.69) is 4.99 Å². The van der Waals surface area contributed by atoms with Crippen LogP contribution in [0.25, 0.3) is 0 Å². The Kier molecular flexibility index (Phi) is 6.31. The van der Waals surface area contributed by atoms with E-state index in [1.807, 2.05) is 68.4 Å². The zero-order chi connectivity index (χ0) is 21.8. The fraction of sp³-hybridized carbons (Fsp3) is 0.346. The van der Waals surface area contributed by atoms with Crippen molar-refractivity contribution in [2.45, 2.75) is 39.0 Å². The van der Waals surface area contributed by atoms with Crippen molar-refractivity contribution in [3.8, 4) is 5.75 Å². The van der Waals surface area contributed by atoms with E-state index in [-0.39, 0.29) is 30.9 Å². The molecule has 2 unspecified atom stereocenters. The largest absolute Gasteiger partial charge is 0.490 e. The lowest BCUT2D eigenvalue weighted by Gasteiger charge is -2.34. The van der Waals surface area contributed by atoms with Crippen molar-refractivity contribution in [2.75, 3.05) is 13.2 Å². The number of benzene rings is 2. The molecule has 1 aliphatic carbocycles. The van der Waals surface area contributed by atoms with Gasteiger partial charge in [0.1, 0.15) is 24.9 Å². The first-order valence-electron chi connectivity index (χ1n) is 10.8. The number of Topliss-reactive ketones (excluding diaryl/α,β-unsaturated/α-hetero) is 1. The number of hydrogen-bond acceptors (Lipinski definition) is 5. The molecule has 0 aromatic heterocycles. The highest BCUT2D eigenvalue weighted by Crippen LogP contribution is 2.43. The molecule has 0 saturated carbocycles. The van der Waals surface area contributed by atoms with E-state index < -0.39 is 5.92 Å². The molecule has 5 heteroatoms. The van der Waals surface area contributed by atoms with Crippen molar-refractivity contribution in [1.82, 2.24) is 0 Å². The second-order valence-corrected chi connectivity index (χ2v) is 8.09. The van der Waals surface area contributed by atoms with Crippen molar-refractivity contribution >= 4 is 17.5 Å². The fourth-order valence-electron chi connectivity index (χ4n) is 4.35. The minimum absolute atomic E-state index is 0.0910. The average Bonchev–Trinajstić information content (AvgIpc) is 2.77. The number of aryl methyl sites for hydroxylation is 1. The Balaban J connectivity index is 1.54. The van der Waals surface area contributed by atoms with Gasteiger partial charge in [-0.05, 0) is 44.4 Å². The molecule has 2 aliphatic rings. The molecular weight excluding hydrogens is 390 g/mol. The molecule has 5 nitrogen and oxygen atoms in total. The summed E-state index contributed by atoms with van der Waals surface area (Å²) >= 11 is 0. The summed E-state index contributed by atoms with van der Waals surface area (Å²) < 4.78 is 11.2. The molecule has 0 bridgehead atoms. The van der Waals surface area contributed by atoms with Gasteiger partial charge >= 0.3 is 5.97 Å². The predicted molar refractivity (Wildman–Crippen MR) is 119 cm³/mol. The number of ether oxygens (including phenoxy) is 2. The van der Waals surface area contributed by atoms with Crippen LogP contribution < -0.4 is 4.74 Å². The zero-order valence-electron chi connectivity index (χ0n) is 18.0. The maximum absolute atomic E-state index is 13.2. The Morgan fingerprint density at radius 2 is 1.74 bits per heavy atom. The molecule has 0 radical (unpaired) electrons. The number of esters is 1. The summed E-state index contributed by atoms with van der Waals surface area (Å²) in [7, 11) is 0. The molecule has 2 atom stereocenters. The van der Waals surface area contributed by atoms with E-state index in [1.165, 1.54) is 0 Å². The molecule has 1 aliphatic heterocycles. The fourth-order valence-corrected chi connectivity index (χ4v) is 4.35. The minimum atomic E-state index is -0.611. The van der Waals surface area contributed by atoms with E-state index in [0.717, 1.165) is 35.4 Å². The summed E-state index contributed by atoms with van der Waals surface area (Å²) in [5.74, 6) is -0.514. The molecule has 0 amide bonds. The summed E-state index contributed by atoms with van der Waals surface area (Å²) in [5.41, 5.74) is 4.29. The second kappa shape index (κ2) is 9.29. The molecule has 4 rings (SSSR count). The molecule has 1 heterocycles. The first-order chi connectivity index (χ1) is 15.0. The maximum Gasteiger partial charge on any atom is 0.315 e. The van der Waals surface area contributed by atoms with Crippen LogP contribution in [0.1, 0.15) is 43.2 Å². The molecule has 2 aromatic carbocycles. The third kappa shape index (κ3) is 4.61. The van der Waals surface area contributed by atoms with Gasteiger partial charge in [0.25, 0.3) is 0 Å². The van der Waals surface area contributed by atoms with Crippen LogP contribution in [0.15, 0.2) is 70.9 Å². The number of allylic oxidation sites excluding steroid dienone is 2. The summed E-state index contributed by atoms with van der Waals surface area (Å²) in [6.45, 7) is 4.28. The summed E-state index contributed by atoms with van der Waals surface area (Å²) in [6, 6.07) is 17.4. The molecule has 0 fully saturated rings. The number of rotatable bonds is 6. The van der Waals surface area contributed by atoms with Crippen LogP contribution in [0.2, 0.25) is 0 Å². The summed E-state index contributed by atoms with van der Waals surface area (Å²) in [6.07, 6.45) is 2.08. The normalized spacial score (nSPS) is 20.7. The van der Waals surface area contributed by atoms with Crippen molar-refractivity contribution in [3.63, 3.8) is 0 Å². The van der Waals surface area contributed by atoms with Crippen LogP contribution in [0, 0.1) is 12.8 Å². The van der Waals surface area contributed by atoms with Gasteiger partial charge in [-0.2, -0.15) is 0 Å². The van der Waals surface area contributed by atoms with Gasteiger partial charge in [0, 0.05) is 29.3 Å². The van der Waals surface area contributed by atoms with Gasteiger partial charge in [-0.25, -0.2) is 0 Å². The van der Waals surface area contributed by atoms with Gasteiger partial charge in [-0.15, -0.1) is 0 Å². The molecule has 0 N–H and O–H groups in total. The smallest absolute Gasteiger partial charge is 0.315 e. The van der Waals surface area contributed by atoms with E-state index in [4.69, 9.17) is 9.47 Å². The van der Waals surface area contributed by atoms with Crippen LogP contribution in [0.5, 0.6) is 5.75 Å². The SMILES string of the molecule is CC1=NC2=C(C(=O)CCC2)C(c2ccc(C)cc2)C1C(=O)OCCOc1ccccc1. The van der Waals surface area contributed by atoms with Gasteiger partial charge < -0.3 is 9.47 Å². The quantitative estimate of drug-likeness (QED) is 0.500. The summed E-state index contributed by atoms with van der Waals surface area (Å²) in [4.78, 5) is 30.7. The lowest BCUT2D eigenvalue weighted by atomic mass is 9.71. The third-order valence-corrected chi connectivity index (χ3v) is 5.86. The maximum atomic E-state index is 13.2. The Morgan fingerprint density at radius 3 is 2.48 bits per heavy atom. The lowest BCUT2D eigenvalue weighted by molar-refractivity contribution is -0.147. The van der Waals surface area contributed by atoms with Gasteiger partial charge in [-0.1, -0.05) is 48.0 Å². The summed E-state index contributed by atoms with van der Waals surface area (Å²) in [5, 5.41) is 0. The molecular formula is C26H27NO4. The van der Waals surface area contributed by atoms with Gasteiger partial charge in [0.15, 0.2) is 5.78 Å². The Labute approximate surface area is 182 Å². The standard InChI is InChI=1S/C26H27NO4/c1-17-11-13-19(14-12-17)24-23(18(2)27-21-9-6-10-22(28)25(21)24)26(29)31-16-15-30-20-7-4-3-5-8-20/h3-5,7-8,11-14,23-24H,6,9-10,15-16H2,1-2H3. The highest BCUT2D eigenvalue weighted by Gasteiger charge is 2.43. The number of hydrogen-bond donors (Lipinski definition) is 0. The molecule has 0 spiro atoms. The Hall–Kier alpha value is -3.21. The molecule has 31 heavy (non-hydrogen) atoms. The van der Waals surface area contributed by atoms with Crippen molar-refractivity contribution < 1.29 is 19.1 Å². The lowest BCUT2D eigenvalue weighted by Crippen LogP contribution is -2.37. The zero-order valence-corrected chi connectivity index (χ0v) is 18.0. The van der Waals surface area contributed by atoms with Gasteiger partial charge in [-0.3, -0.25) is 14.6 Å². The van der Waals surface area contributed by atoms with Crippen molar-refractivity contribution in [1.29, 1.82) is 0 Å². The van der Waals surface area contributed by atoms with Gasteiger partial charge in [0.05, 0.1) is 0 Å². The van der Waals surface area contributed by atoms with Gasteiger partial charge in [0.2, 0.25) is 0 Å².